The summed E-state index contributed by atoms with van der Waals surface area (Å²) < 4.78 is 0. The second kappa shape index (κ2) is 5.89. The van der Waals surface area contributed by atoms with Gasteiger partial charge in [0.2, 0.25) is 5.91 Å². The summed E-state index contributed by atoms with van der Waals surface area (Å²) in [5, 5.41) is 17.6. The lowest BCUT2D eigenvalue weighted by atomic mass is 10.2. The molecule has 0 heterocycles. The zero-order valence-corrected chi connectivity index (χ0v) is 9.59. The Kier molecular flexibility index (Phi) is 4.51. The van der Waals surface area contributed by atoms with E-state index in [2.05, 4.69) is 0 Å². The molecule has 92 valence electrons. The summed E-state index contributed by atoms with van der Waals surface area (Å²) in [7, 11) is 1.62. The first-order chi connectivity index (χ1) is 8.00. The van der Waals surface area contributed by atoms with Crippen molar-refractivity contribution in [3.63, 3.8) is 0 Å². The zero-order chi connectivity index (χ0) is 12.8. The molecule has 17 heavy (non-hydrogen) atoms. The molecule has 0 saturated carbocycles. The van der Waals surface area contributed by atoms with Crippen molar-refractivity contribution in [2.24, 2.45) is 0 Å². The molecular weight excluding hydrogens is 222 g/mol. The number of aromatic hydroxyl groups is 1. The molecule has 2 N–H and O–H groups in total. The number of phenolic OH excluding ortho intramolecular Hbond substituents is 1. The number of amides is 1. The van der Waals surface area contributed by atoms with Gasteiger partial charge in [-0.25, -0.2) is 0 Å². The predicted octanol–water partition coefficient (Wildman–Crippen LogP) is 1.61. The largest absolute Gasteiger partial charge is 0.508 e. The first kappa shape index (κ1) is 13.0. The molecule has 0 atom stereocenters. The van der Waals surface area contributed by atoms with Crippen LogP contribution in [0.5, 0.6) is 5.75 Å². The summed E-state index contributed by atoms with van der Waals surface area (Å²) >= 11 is 0. The van der Waals surface area contributed by atoms with E-state index in [-0.39, 0.29) is 24.5 Å². The van der Waals surface area contributed by atoms with E-state index in [1.54, 1.807) is 19.2 Å². The average Bonchev–Trinajstić information content (AvgIpc) is 2.28. The van der Waals surface area contributed by atoms with Crippen molar-refractivity contribution in [2.75, 3.05) is 11.9 Å². The molecule has 0 radical (unpaired) electrons. The number of hydrogen-bond donors (Lipinski definition) is 2. The number of carboxylic acid groups (broad SMARTS) is 1. The Bertz CT molecular complexity index is 399. The molecule has 0 fully saturated rings. The molecule has 0 bridgehead atoms. The molecular formula is C12H15NO4. The highest BCUT2D eigenvalue weighted by Crippen LogP contribution is 2.18. The fourth-order valence-corrected chi connectivity index (χ4v) is 1.38. The number of carboxylic acids is 1. The lowest BCUT2D eigenvalue weighted by molar-refractivity contribution is -0.137. The van der Waals surface area contributed by atoms with E-state index >= 15 is 0 Å². The van der Waals surface area contributed by atoms with Crippen molar-refractivity contribution in [3.8, 4) is 5.75 Å². The van der Waals surface area contributed by atoms with Crippen LogP contribution in [0.4, 0.5) is 5.69 Å². The molecule has 0 saturated heterocycles. The van der Waals surface area contributed by atoms with Gasteiger partial charge in [-0.05, 0) is 30.7 Å². The SMILES string of the molecule is CN(C(=O)CCCC(=O)O)c1ccc(O)cc1. The summed E-state index contributed by atoms with van der Waals surface area (Å²) in [5.41, 5.74) is 0.670. The molecule has 0 aliphatic carbocycles. The molecule has 0 aliphatic heterocycles. The molecule has 0 spiro atoms. The van der Waals surface area contributed by atoms with E-state index < -0.39 is 5.97 Å². The maximum Gasteiger partial charge on any atom is 0.303 e. The number of nitrogens with zero attached hydrogens (tertiary/aromatic N) is 1. The van der Waals surface area contributed by atoms with Crippen molar-refractivity contribution in [1.29, 1.82) is 0 Å². The van der Waals surface area contributed by atoms with E-state index in [0.29, 0.717) is 12.1 Å². The van der Waals surface area contributed by atoms with Gasteiger partial charge in [0.25, 0.3) is 0 Å². The maximum absolute atomic E-state index is 11.7. The molecule has 0 aromatic heterocycles. The fraction of sp³-hybridized carbons (Fsp3) is 0.333. The fourth-order valence-electron chi connectivity index (χ4n) is 1.38. The number of hydrogen-bond acceptors (Lipinski definition) is 3. The molecule has 1 rings (SSSR count). The molecule has 5 nitrogen and oxygen atoms in total. The molecule has 1 amide bonds. The molecule has 1 aromatic rings. The van der Waals surface area contributed by atoms with Gasteiger partial charge in [-0.1, -0.05) is 0 Å². The van der Waals surface area contributed by atoms with Crippen LogP contribution < -0.4 is 4.90 Å². The zero-order valence-electron chi connectivity index (χ0n) is 9.59. The number of rotatable bonds is 5. The third-order valence-corrected chi connectivity index (χ3v) is 2.39. The first-order valence-corrected chi connectivity index (χ1v) is 5.28. The maximum atomic E-state index is 11.7. The standard InChI is InChI=1S/C12H15NO4/c1-13(9-5-7-10(14)8-6-9)11(15)3-2-4-12(16)17/h5-8,14H,2-4H2,1H3,(H,16,17). The third kappa shape index (κ3) is 4.14. The summed E-state index contributed by atoms with van der Waals surface area (Å²) in [5.74, 6) is -0.900. The minimum Gasteiger partial charge on any atom is -0.508 e. The van der Waals surface area contributed by atoms with Crippen molar-refractivity contribution in [1.82, 2.24) is 0 Å². The number of phenols is 1. The van der Waals surface area contributed by atoms with Crippen LogP contribution >= 0.6 is 0 Å². The van der Waals surface area contributed by atoms with Gasteiger partial charge in [-0.3, -0.25) is 9.59 Å². The summed E-state index contributed by atoms with van der Waals surface area (Å²) in [6, 6.07) is 6.25. The Morgan fingerprint density at radius 1 is 1.18 bits per heavy atom. The van der Waals surface area contributed by atoms with Crippen LogP contribution in [-0.2, 0) is 9.59 Å². The van der Waals surface area contributed by atoms with E-state index in [0.717, 1.165) is 0 Å². The van der Waals surface area contributed by atoms with Gasteiger partial charge in [0.15, 0.2) is 0 Å². The first-order valence-electron chi connectivity index (χ1n) is 5.28. The summed E-state index contributed by atoms with van der Waals surface area (Å²) in [6.07, 6.45) is 0.523. The number of anilines is 1. The highest BCUT2D eigenvalue weighted by Gasteiger charge is 2.11. The number of carbonyl (C=O) groups is 2. The Morgan fingerprint density at radius 3 is 2.29 bits per heavy atom. The predicted molar refractivity (Wildman–Crippen MR) is 63.0 cm³/mol. The van der Waals surface area contributed by atoms with E-state index in [9.17, 15) is 9.59 Å². The van der Waals surface area contributed by atoms with Crippen molar-refractivity contribution in [3.05, 3.63) is 24.3 Å². The lowest BCUT2D eigenvalue weighted by Gasteiger charge is -2.17. The Balaban J connectivity index is 2.51. The van der Waals surface area contributed by atoms with Crippen LogP contribution in [0, 0.1) is 0 Å². The highest BCUT2D eigenvalue weighted by atomic mass is 16.4. The normalized spacial score (nSPS) is 9.94. The molecule has 1 aromatic carbocycles. The van der Waals surface area contributed by atoms with Crippen molar-refractivity contribution in [2.45, 2.75) is 19.3 Å². The monoisotopic (exact) mass is 237 g/mol. The Hall–Kier alpha value is -2.04. The van der Waals surface area contributed by atoms with E-state index in [1.807, 2.05) is 0 Å². The van der Waals surface area contributed by atoms with Gasteiger partial charge in [-0.15, -0.1) is 0 Å². The smallest absolute Gasteiger partial charge is 0.303 e. The number of aliphatic carboxylic acids is 1. The van der Waals surface area contributed by atoms with Crippen LogP contribution in [-0.4, -0.2) is 29.1 Å². The average molecular weight is 237 g/mol. The Morgan fingerprint density at radius 2 is 1.76 bits per heavy atom. The van der Waals surface area contributed by atoms with Crippen LogP contribution in [0.15, 0.2) is 24.3 Å². The number of benzene rings is 1. The molecule has 0 aliphatic rings. The minimum absolute atomic E-state index is 0.00480. The van der Waals surface area contributed by atoms with Gasteiger partial charge < -0.3 is 15.1 Å². The van der Waals surface area contributed by atoms with E-state index in [4.69, 9.17) is 10.2 Å². The van der Waals surface area contributed by atoms with Gasteiger partial charge in [-0.2, -0.15) is 0 Å². The van der Waals surface area contributed by atoms with Crippen LogP contribution in [0.1, 0.15) is 19.3 Å². The van der Waals surface area contributed by atoms with Gasteiger partial charge in [0, 0.05) is 25.6 Å². The van der Waals surface area contributed by atoms with Gasteiger partial charge in [0.1, 0.15) is 5.75 Å². The molecule has 0 unspecified atom stereocenters. The summed E-state index contributed by atoms with van der Waals surface area (Å²) in [6.45, 7) is 0. The quantitative estimate of drug-likeness (QED) is 0.815. The topological polar surface area (TPSA) is 77.8 Å². The second-order valence-corrected chi connectivity index (χ2v) is 3.72. The highest BCUT2D eigenvalue weighted by molar-refractivity contribution is 5.92. The van der Waals surface area contributed by atoms with Crippen molar-refractivity contribution < 1.29 is 19.8 Å². The van der Waals surface area contributed by atoms with Crippen LogP contribution in [0.25, 0.3) is 0 Å². The molecule has 5 heteroatoms. The van der Waals surface area contributed by atoms with Crippen LogP contribution in [0.2, 0.25) is 0 Å². The minimum atomic E-state index is -0.898. The van der Waals surface area contributed by atoms with Gasteiger partial charge >= 0.3 is 5.97 Å². The van der Waals surface area contributed by atoms with Crippen LogP contribution in [0.3, 0.4) is 0 Å². The summed E-state index contributed by atoms with van der Waals surface area (Å²) in [4.78, 5) is 23.4. The van der Waals surface area contributed by atoms with Gasteiger partial charge in [0.05, 0.1) is 0 Å². The number of carbonyl (C=O) groups excluding carboxylic acids is 1. The Labute approximate surface area is 99.3 Å². The van der Waals surface area contributed by atoms with E-state index in [1.165, 1.54) is 17.0 Å². The lowest BCUT2D eigenvalue weighted by Crippen LogP contribution is -2.25. The van der Waals surface area contributed by atoms with Crippen molar-refractivity contribution >= 4 is 17.6 Å². The second-order valence-electron chi connectivity index (χ2n) is 3.72. The third-order valence-electron chi connectivity index (χ3n) is 2.39.